The molecule has 0 aliphatic rings. The van der Waals surface area contributed by atoms with Crippen LogP contribution < -0.4 is 5.32 Å². The van der Waals surface area contributed by atoms with Crippen molar-refractivity contribution in [2.24, 2.45) is 0 Å². The number of nitrogens with one attached hydrogen (secondary N) is 1. The third-order valence-corrected chi connectivity index (χ3v) is 4.10. The summed E-state index contributed by atoms with van der Waals surface area (Å²) < 4.78 is 0. The highest BCUT2D eigenvalue weighted by Gasteiger charge is 2.16. The maximum atomic E-state index is 11.7. The third kappa shape index (κ3) is 4.26. The lowest BCUT2D eigenvalue weighted by Gasteiger charge is -2.12. The van der Waals surface area contributed by atoms with E-state index in [4.69, 9.17) is 23.2 Å². The Labute approximate surface area is 115 Å². The number of hydrogen-bond acceptors (Lipinski definition) is 2. The second kappa shape index (κ2) is 6.94. The topological polar surface area (TPSA) is 29.1 Å². The van der Waals surface area contributed by atoms with Gasteiger partial charge < -0.3 is 5.32 Å². The summed E-state index contributed by atoms with van der Waals surface area (Å²) in [6.07, 6.45) is 1.64. The van der Waals surface area contributed by atoms with Crippen LogP contribution in [0, 0.1) is 0 Å². The van der Waals surface area contributed by atoms with Gasteiger partial charge >= 0.3 is 0 Å². The number of carbonyl (C=O) groups is 1. The number of halogens is 2. The summed E-state index contributed by atoms with van der Waals surface area (Å²) in [7, 11) is 0. The Balaban J connectivity index is 2.70. The monoisotopic (exact) mass is 289 g/mol. The minimum absolute atomic E-state index is 0.0640. The number of carbonyl (C=O) groups excluding carboxylic acids is 1. The Morgan fingerprint density at radius 3 is 2.65 bits per heavy atom. The van der Waals surface area contributed by atoms with Gasteiger partial charge in [0, 0.05) is 11.4 Å². The summed E-state index contributed by atoms with van der Waals surface area (Å²) in [5.74, 6) is -0.0640. The van der Waals surface area contributed by atoms with Crippen LogP contribution in [0.3, 0.4) is 0 Å². The van der Waals surface area contributed by atoms with Crippen LogP contribution >= 0.6 is 35.0 Å². The van der Waals surface area contributed by atoms with E-state index in [-0.39, 0.29) is 11.2 Å². The fraction of sp³-hybridized carbons (Fsp3) is 0.250. The molecule has 0 heterocycles. The Hall–Kier alpha value is -0.640. The molecule has 1 aromatic carbocycles. The van der Waals surface area contributed by atoms with E-state index in [1.807, 2.05) is 6.92 Å². The van der Waals surface area contributed by atoms with Gasteiger partial charge in [-0.25, -0.2) is 0 Å². The van der Waals surface area contributed by atoms with E-state index in [9.17, 15) is 4.79 Å². The third-order valence-electron chi connectivity index (χ3n) is 2.00. The van der Waals surface area contributed by atoms with Crippen molar-refractivity contribution in [1.82, 2.24) is 5.32 Å². The van der Waals surface area contributed by atoms with E-state index in [0.29, 0.717) is 16.6 Å². The lowest BCUT2D eigenvalue weighted by molar-refractivity contribution is -0.120. The van der Waals surface area contributed by atoms with Gasteiger partial charge in [-0.2, -0.15) is 0 Å². The van der Waals surface area contributed by atoms with Gasteiger partial charge in [0.2, 0.25) is 5.91 Å². The molecule has 5 heteroatoms. The molecule has 1 rings (SSSR count). The molecule has 0 spiro atoms. The number of rotatable bonds is 5. The van der Waals surface area contributed by atoms with Crippen molar-refractivity contribution in [3.8, 4) is 0 Å². The van der Waals surface area contributed by atoms with Gasteiger partial charge in [0.25, 0.3) is 0 Å². The molecular formula is C12H13Cl2NOS. The summed E-state index contributed by atoms with van der Waals surface area (Å²) in [5, 5.41) is 3.59. The van der Waals surface area contributed by atoms with Gasteiger partial charge in [-0.15, -0.1) is 18.3 Å². The minimum Gasteiger partial charge on any atom is -0.352 e. The second-order valence-electron chi connectivity index (χ2n) is 3.34. The predicted molar refractivity (Wildman–Crippen MR) is 75.0 cm³/mol. The van der Waals surface area contributed by atoms with Crippen molar-refractivity contribution in [3.63, 3.8) is 0 Å². The fourth-order valence-corrected chi connectivity index (χ4v) is 2.71. The van der Waals surface area contributed by atoms with Crippen LogP contribution in [0.25, 0.3) is 0 Å². The molecule has 1 N–H and O–H groups in total. The zero-order chi connectivity index (χ0) is 12.8. The number of benzene rings is 1. The summed E-state index contributed by atoms with van der Waals surface area (Å²) in [6, 6.07) is 5.28. The molecule has 17 heavy (non-hydrogen) atoms. The molecule has 1 aromatic rings. The predicted octanol–water partition coefficient (Wildman–Crippen LogP) is 3.78. The highest BCUT2D eigenvalue weighted by Crippen LogP contribution is 2.36. The quantitative estimate of drug-likeness (QED) is 0.660. The van der Waals surface area contributed by atoms with E-state index in [1.54, 1.807) is 24.3 Å². The summed E-state index contributed by atoms with van der Waals surface area (Å²) >= 11 is 13.4. The zero-order valence-electron chi connectivity index (χ0n) is 9.37. The van der Waals surface area contributed by atoms with Crippen LogP contribution in [-0.4, -0.2) is 17.7 Å². The summed E-state index contributed by atoms with van der Waals surface area (Å²) in [6.45, 7) is 5.81. The Morgan fingerprint density at radius 2 is 2.12 bits per heavy atom. The molecule has 1 amide bonds. The standard InChI is InChI=1S/C12H13Cl2NOS/c1-3-7-15-12(16)8(2)17-11-9(13)5-4-6-10(11)14/h3-6,8H,1,7H2,2H3,(H,15,16). The first-order chi connectivity index (χ1) is 8.06. The molecule has 0 aliphatic carbocycles. The van der Waals surface area contributed by atoms with Gasteiger partial charge in [-0.3, -0.25) is 4.79 Å². The molecule has 0 aliphatic heterocycles. The molecule has 2 nitrogen and oxygen atoms in total. The molecule has 1 unspecified atom stereocenters. The number of amides is 1. The average Bonchev–Trinajstić information content (AvgIpc) is 2.30. The van der Waals surface area contributed by atoms with Crippen molar-refractivity contribution in [2.75, 3.05) is 6.54 Å². The molecular weight excluding hydrogens is 277 g/mol. The lowest BCUT2D eigenvalue weighted by Crippen LogP contribution is -2.30. The largest absolute Gasteiger partial charge is 0.352 e. The van der Waals surface area contributed by atoms with E-state index in [0.717, 1.165) is 4.90 Å². The van der Waals surface area contributed by atoms with Crippen molar-refractivity contribution in [1.29, 1.82) is 0 Å². The van der Waals surface area contributed by atoms with E-state index in [1.165, 1.54) is 11.8 Å². The first kappa shape index (κ1) is 14.4. The maximum absolute atomic E-state index is 11.7. The lowest BCUT2D eigenvalue weighted by atomic mass is 10.4. The first-order valence-electron chi connectivity index (χ1n) is 5.05. The van der Waals surface area contributed by atoms with Crippen molar-refractivity contribution in [2.45, 2.75) is 17.1 Å². The van der Waals surface area contributed by atoms with E-state index in [2.05, 4.69) is 11.9 Å². The van der Waals surface area contributed by atoms with E-state index < -0.39 is 0 Å². The summed E-state index contributed by atoms with van der Waals surface area (Å²) in [4.78, 5) is 12.4. The molecule has 92 valence electrons. The van der Waals surface area contributed by atoms with Gasteiger partial charge in [0.1, 0.15) is 0 Å². The maximum Gasteiger partial charge on any atom is 0.233 e. The Bertz CT molecular complexity index is 403. The van der Waals surface area contributed by atoms with Gasteiger partial charge in [-0.1, -0.05) is 35.3 Å². The molecule has 0 saturated heterocycles. The van der Waals surface area contributed by atoms with Crippen LogP contribution in [0.4, 0.5) is 0 Å². The zero-order valence-corrected chi connectivity index (χ0v) is 11.7. The van der Waals surface area contributed by atoms with Crippen LogP contribution in [0.1, 0.15) is 6.92 Å². The molecule has 0 aromatic heterocycles. The SMILES string of the molecule is C=CCNC(=O)C(C)Sc1c(Cl)cccc1Cl. The van der Waals surface area contributed by atoms with Crippen LogP contribution in [0.5, 0.6) is 0 Å². The van der Waals surface area contributed by atoms with Crippen LogP contribution in [0.2, 0.25) is 10.0 Å². The van der Waals surface area contributed by atoms with Gasteiger partial charge in [0.15, 0.2) is 0 Å². The fourth-order valence-electron chi connectivity index (χ4n) is 1.14. The number of hydrogen-bond donors (Lipinski definition) is 1. The number of thioether (sulfide) groups is 1. The highest BCUT2D eigenvalue weighted by molar-refractivity contribution is 8.00. The first-order valence-corrected chi connectivity index (χ1v) is 6.69. The minimum atomic E-state index is -0.257. The average molecular weight is 290 g/mol. The Morgan fingerprint density at radius 1 is 1.53 bits per heavy atom. The van der Waals surface area contributed by atoms with E-state index >= 15 is 0 Å². The smallest absolute Gasteiger partial charge is 0.233 e. The van der Waals surface area contributed by atoms with Crippen LogP contribution in [-0.2, 0) is 4.79 Å². The molecule has 0 saturated carbocycles. The highest BCUT2D eigenvalue weighted by atomic mass is 35.5. The van der Waals surface area contributed by atoms with Gasteiger partial charge in [0.05, 0.1) is 15.3 Å². The van der Waals surface area contributed by atoms with Crippen molar-refractivity contribution >= 4 is 40.9 Å². The second-order valence-corrected chi connectivity index (χ2v) is 5.51. The normalized spacial score (nSPS) is 11.9. The summed E-state index contributed by atoms with van der Waals surface area (Å²) in [5.41, 5.74) is 0. The van der Waals surface area contributed by atoms with Gasteiger partial charge in [-0.05, 0) is 19.1 Å². The molecule has 1 atom stereocenters. The molecule has 0 bridgehead atoms. The van der Waals surface area contributed by atoms with Crippen molar-refractivity contribution < 1.29 is 4.79 Å². The molecule has 0 fully saturated rings. The Kier molecular flexibility index (Phi) is 5.89. The van der Waals surface area contributed by atoms with Crippen molar-refractivity contribution in [3.05, 3.63) is 40.9 Å². The molecule has 0 radical (unpaired) electrons. The van der Waals surface area contributed by atoms with Crippen LogP contribution in [0.15, 0.2) is 35.7 Å².